The molecule has 1 amide bonds. The summed E-state index contributed by atoms with van der Waals surface area (Å²) in [6.07, 6.45) is 3.53. The molecule has 1 atom stereocenters. The monoisotopic (exact) mass is 387 g/mol. The maximum absolute atomic E-state index is 12.2. The lowest BCUT2D eigenvalue weighted by Crippen LogP contribution is -2.37. The molecule has 0 radical (unpaired) electrons. The van der Waals surface area contributed by atoms with Crippen LogP contribution in [0.3, 0.4) is 0 Å². The molecule has 1 saturated heterocycles. The minimum absolute atomic E-state index is 0.0221. The van der Waals surface area contributed by atoms with Gasteiger partial charge in [0.25, 0.3) is 0 Å². The Hall–Kier alpha value is -2.54. The van der Waals surface area contributed by atoms with Crippen molar-refractivity contribution in [3.63, 3.8) is 0 Å². The third-order valence-electron chi connectivity index (χ3n) is 4.72. The first-order valence-corrected chi connectivity index (χ1v) is 9.51. The number of rotatable bonds is 6. The van der Waals surface area contributed by atoms with Gasteiger partial charge in [-0.25, -0.2) is 9.78 Å². The van der Waals surface area contributed by atoms with E-state index in [1.54, 1.807) is 11.1 Å². The minimum Gasteiger partial charge on any atom is -0.447 e. The highest BCUT2D eigenvalue weighted by molar-refractivity contribution is 6.32. The lowest BCUT2D eigenvalue weighted by molar-refractivity contribution is 0.177. The van der Waals surface area contributed by atoms with Crippen LogP contribution in [-0.4, -0.2) is 34.8 Å². The van der Waals surface area contributed by atoms with Gasteiger partial charge in [-0.3, -0.25) is 4.90 Å². The van der Waals surface area contributed by atoms with Gasteiger partial charge >= 0.3 is 6.09 Å². The maximum atomic E-state index is 12.2. The van der Waals surface area contributed by atoms with E-state index >= 15 is 0 Å². The summed E-state index contributed by atoms with van der Waals surface area (Å²) >= 11 is 6.17. The third kappa shape index (κ3) is 3.93. The normalized spacial score (nSPS) is 19.3. The Kier molecular flexibility index (Phi) is 4.78. The summed E-state index contributed by atoms with van der Waals surface area (Å²) < 4.78 is 5.24. The number of hydrogen-bond acceptors (Lipinski definition) is 6. The Morgan fingerprint density at radius 1 is 1.33 bits per heavy atom. The molecule has 2 aliphatic rings. The van der Waals surface area contributed by atoms with E-state index in [0.717, 1.165) is 24.2 Å². The zero-order valence-corrected chi connectivity index (χ0v) is 16.0. The van der Waals surface area contributed by atoms with Crippen molar-refractivity contribution in [2.24, 2.45) is 5.92 Å². The van der Waals surface area contributed by atoms with Gasteiger partial charge in [-0.1, -0.05) is 31.5 Å². The molecule has 7 nitrogen and oxygen atoms in total. The summed E-state index contributed by atoms with van der Waals surface area (Å²) in [7, 11) is 0. The number of cyclic esters (lactones) is 1. The second-order valence-corrected chi connectivity index (χ2v) is 7.65. The molecule has 0 spiro atoms. The zero-order valence-electron chi connectivity index (χ0n) is 15.3. The van der Waals surface area contributed by atoms with Crippen LogP contribution in [0.1, 0.15) is 26.7 Å². The Labute approximate surface area is 163 Å². The number of nitrogens with zero attached hydrogens (tertiary/aromatic N) is 3. The number of nitrogens with one attached hydrogen (secondary N) is 2. The Morgan fingerprint density at radius 2 is 2.15 bits per heavy atom. The maximum Gasteiger partial charge on any atom is 0.414 e. The molecule has 2 N–H and O–H groups in total. The standard InChI is InChI=1S/C19H22ClN5O2/c1-11(2)16-10-27-19(26)25(16)14-5-3-4-13(8-14)23-18-21-9-15(20)17(24-18)22-12-6-7-12/h3-5,8-9,11-12,16H,6-7,10H2,1-2H3,(H2,21,22,23,24). The number of carbonyl (C=O) groups excluding carboxylic acids is 1. The molecule has 2 fully saturated rings. The second-order valence-electron chi connectivity index (χ2n) is 7.24. The highest BCUT2D eigenvalue weighted by Gasteiger charge is 2.36. The molecule has 1 unspecified atom stereocenters. The molecule has 1 aliphatic carbocycles. The van der Waals surface area contributed by atoms with E-state index in [4.69, 9.17) is 16.3 Å². The highest BCUT2D eigenvalue weighted by Crippen LogP contribution is 2.31. The lowest BCUT2D eigenvalue weighted by atomic mass is 10.0. The number of hydrogen-bond donors (Lipinski definition) is 2. The van der Waals surface area contributed by atoms with Crippen molar-refractivity contribution in [1.29, 1.82) is 0 Å². The van der Waals surface area contributed by atoms with Gasteiger partial charge in [-0.05, 0) is 37.0 Å². The van der Waals surface area contributed by atoms with Gasteiger partial charge in [0.05, 0.1) is 12.2 Å². The molecule has 1 saturated carbocycles. The van der Waals surface area contributed by atoms with Crippen LogP contribution >= 0.6 is 11.6 Å². The van der Waals surface area contributed by atoms with Crippen molar-refractivity contribution >= 4 is 40.8 Å². The summed E-state index contributed by atoms with van der Waals surface area (Å²) in [5.41, 5.74) is 1.57. The Bertz CT molecular complexity index is 856. The predicted molar refractivity (Wildman–Crippen MR) is 106 cm³/mol. The fourth-order valence-electron chi connectivity index (χ4n) is 3.04. The summed E-state index contributed by atoms with van der Waals surface area (Å²) in [6.45, 7) is 4.57. The van der Waals surface area contributed by atoms with Crippen LogP contribution in [0.5, 0.6) is 0 Å². The molecule has 0 bridgehead atoms. The van der Waals surface area contributed by atoms with Crippen molar-refractivity contribution < 1.29 is 9.53 Å². The van der Waals surface area contributed by atoms with E-state index in [1.807, 2.05) is 24.3 Å². The van der Waals surface area contributed by atoms with Gasteiger partial charge in [0.15, 0.2) is 5.82 Å². The molecule has 1 aromatic carbocycles. The molecule has 8 heteroatoms. The third-order valence-corrected chi connectivity index (χ3v) is 4.99. The first-order chi connectivity index (χ1) is 13.0. The van der Waals surface area contributed by atoms with E-state index < -0.39 is 0 Å². The van der Waals surface area contributed by atoms with E-state index in [1.165, 1.54) is 0 Å². The summed E-state index contributed by atoms with van der Waals surface area (Å²) in [4.78, 5) is 22.6. The van der Waals surface area contributed by atoms with Crippen LogP contribution in [-0.2, 0) is 4.74 Å². The largest absolute Gasteiger partial charge is 0.447 e. The van der Waals surface area contributed by atoms with Gasteiger partial charge in [0.1, 0.15) is 11.6 Å². The summed E-state index contributed by atoms with van der Waals surface area (Å²) in [6, 6.07) is 8.06. The molecule has 27 heavy (non-hydrogen) atoms. The first kappa shape index (κ1) is 17.9. The predicted octanol–water partition coefficient (Wildman–Crippen LogP) is 4.43. The Morgan fingerprint density at radius 3 is 2.89 bits per heavy atom. The molecule has 2 aromatic rings. The molecule has 4 rings (SSSR count). The van der Waals surface area contributed by atoms with Crippen LogP contribution in [0.4, 0.5) is 27.9 Å². The van der Waals surface area contributed by atoms with E-state index in [-0.39, 0.29) is 12.1 Å². The number of anilines is 4. The average molecular weight is 388 g/mol. The van der Waals surface area contributed by atoms with Crippen molar-refractivity contribution in [3.05, 3.63) is 35.5 Å². The second kappa shape index (κ2) is 7.23. The van der Waals surface area contributed by atoms with E-state index in [2.05, 4.69) is 34.4 Å². The van der Waals surface area contributed by atoms with E-state index in [0.29, 0.717) is 35.4 Å². The average Bonchev–Trinajstić information content (AvgIpc) is 3.37. The van der Waals surface area contributed by atoms with Gasteiger partial charge in [0, 0.05) is 17.4 Å². The number of aromatic nitrogens is 2. The fraction of sp³-hybridized carbons (Fsp3) is 0.421. The van der Waals surface area contributed by atoms with Gasteiger partial charge in [0.2, 0.25) is 5.95 Å². The van der Waals surface area contributed by atoms with Crippen molar-refractivity contribution in [1.82, 2.24) is 9.97 Å². The van der Waals surface area contributed by atoms with Gasteiger partial charge in [-0.2, -0.15) is 4.98 Å². The van der Waals surface area contributed by atoms with Crippen LogP contribution in [0, 0.1) is 5.92 Å². The summed E-state index contributed by atoms with van der Waals surface area (Å²) in [5.74, 6) is 1.38. The molecule has 142 valence electrons. The van der Waals surface area contributed by atoms with Crippen LogP contribution in [0.2, 0.25) is 5.02 Å². The van der Waals surface area contributed by atoms with Crippen molar-refractivity contribution in [3.8, 4) is 0 Å². The number of amides is 1. The molecule has 1 aliphatic heterocycles. The van der Waals surface area contributed by atoms with Gasteiger partial charge in [-0.15, -0.1) is 0 Å². The van der Waals surface area contributed by atoms with Crippen LogP contribution < -0.4 is 15.5 Å². The quantitative estimate of drug-likeness (QED) is 0.763. The number of ether oxygens (including phenoxy) is 1. The smallest absolute Gasteiger partial charge is 0.414 e. The van der Waals surface area contributed by atoms with E-state index in [9.17, 15) is 4.79 Å². The molecular weight excluding hydrogens is 366 g/mol. The highest BCUT2D eigenvalue weighted by atomic mass is 35.5. The lowest BCUT2D eigenvalue weighted by Gasteiger charge is -2.24. The summed E-state index contributed by atoms with van der Waals surface area (Å²) in [5, 5.41) is 6.99. The number of halogens is 1. The SMILES string of the molecule is CC(C)C1COC(=O)N1c1cccc(Nc2ncc(Cl)c(NC3CC3)n2)c1. The van der Waals surface area contributed by atoms with Crippen LogP contribution in [0.25, 0.3) is 0 Å². The zero-order chi connectivity index (χ0) is 19.0. The van der Waals surface area contributed by atoms with Gasteiger partial charge < -0.3 is 15.4 Å². The Balaban J connectivity index is 1.55. The first-order valence-electron chi connectivity index (χ1n) is 9.13. The molecular formula is C19H22ClN5O2. The molecule has 2 heterocycles. The van der Waals surface area contributed by atoms with Crippen LogP contribution in [0.15, 0.2) is 30.5 Å². The van der Waals surface area contributed by atoms with Crippen molar-refractivity contribution in [2.75, 3.05) is 22.1 Å². The fourth-order valence-corrected chi connectivity index (χ4v) is 3.18. The topological polar surface area (TPSA) is 79.4 Å². The minimum atomic E-state index is -0.315. The molecule has 1 aromatic heterocycles. The number of benzene rings is 1. The van der Waals surface area contributed by atoms with Crippen molar-refractivity contribution in [2.45, 2.75) is 38.8 Å². The number of carbonyl (C=O) groups is 1.